The maximum atomic E-state index is 12.1. The van der Waals surface area contributed by atoms with Crippen molar-refractivity contribution in [3.05, 3.63) is 34.4 Å². The molecule has 1 aromatic rings. The largest absolute Gasteiger partial charge is 0.466 e. The number of nitro benzene ring substituents is 1. The molecule has 0 aromatic heterocycles. The Balaban J connectivity index is 1.75. The van der Waals surface area contributed by atoms with Gasteiger partial charge < -0.3 is 14.4 Å². The van der Waals surface area contributed by atoms with E-state index in [1.165, 1.54) is 24.3 Å². The lowest BCUT2D eigenvalue weighted by Gasteiger charge is -2.33. The molecule has 0 bridgehead atoms. The third kappa shape index (κ3) is 5.71. The number of rotatable bonds is 6. The fraction of sp³-hybridized carbons (Fsp3) is 0.500. The van der Waals surface area contributed by atoms with Gasteiger partial charge in [-0.3, -0.25) is 19.8 Å². The van der Waals surface area contributed by atoms with Crippen LogP contribution in [0.1, 0.15) is 13.3 Å². The monoisotopic (exact) mass is 351 g/mol. The Hall–Kier alpha value is -2.68. The van der Waals surface area contributed by atoms with Crippen molar-refractivity contribution in [2.45, 2.75) is 13.3 Å². The Morgan fingerprint density at radius 2 is 1.80 bits per heavy atom. The van der Waals surface area contributed by atoms with Crippen LogP contribution in [0.15, 0.2) is 24.3 Å². The van der Waals surface area contributed by atoms with Crippen molar-refractivity contribution in [2.75, 3.05) is 39.3 Å². The number of hydrogen-bond donors (Lipinski definition) is 0. The summed E-state index contributed by atoms with van der Waals surface area (Å²) in [6.07, 6.45) is -0.153. The standard InChI is InChI=1S/C16H21N3O6/c1-2-24-15(20)7-8-17-9-11-18(12-10-17)16(21)25-14-5-3-13(4-6-14)19(22)23/h3-6H,2,7-12H2,1H3. The number of carbonyl (C=O) groups excluding carboxylic acids is 2. The topological polar surface area (TPSA) is 102 Å². The summed E-state index contributed by atoms with van der Waals surface area (Å²) >= 11 is 0. The first kappa shape index (κ1) is 18.7. The number of amides is 1. The van der Waals surface area contributed by atoms with E-state index < -0.39 is 11.0 Å². The molecule has 0 atom stereocenters. The molecule has 0 saturated carbocycles. The Kier molecular flexibility index (Phi) is 6.70. The second-order valence-corrected chi connectivity index (χ2v) is 5.50. The van der Waals surface area contributed by atoms with Crippen molar-refractivity contribution < 1.29 is 24.0 Å². The summed E-state index contributed by atoms with van der Waals surface area (Å²) in [5.41, 5.74) is -0.0602. The Bertz CT molecular complexity index is 611. The number of nitro groups is 1. The summed E-state index contributed by atoms with van der Waals surface area (Å²) in [6, 6.07) is 5.36. The Morgan fingerprint density at radius 3 is 2.36 bits per heavy atom. The van der Waals surface area contributed by atoms with Crippen molar-refractivity contribution in [3.63, 3.8) is 0 Å². The van der Waals surface area contributed by atoms with Crippen LogP contribution in [0.5, 0.6) is 5.75 Å². The average Bonchev–Trinajstić information content (AvgIpc) is 2.61. The van der Waals surface area contributed by atoms with Gasteiger partial charge in [0.1, 0.15) is 5.75 Å². The van der Waals surface area contributed by atoms with Crippen LogP contribution in [0.4, 0.5) is 10.5 Å². The number of non-ortho nitro benzene ring substituents is 1. The zero-order chi connectivity index (χ0) is 18.2. The Morgan fingerprint density at radius 1 is 1.16 bits per heavy atom. The van der Waals surface area contributed by atoms with Gasteiger partial charge >= 0.3 is 12.1 Å². The van der Waals surface area contributed by atoms with Crippen LogP contribution in [0.3, 0.4) is 0 Å². The summed E-state index contributed by atoms with van der Waals surface area (Å²) in [5, 5.41) is 10.6. The second-order valence-electron chi connectivity index (χ2n) is 5.50. The van der Waals surface area contributed by atoms with E-state index in [1.54, 1.807) is 11.8 Å². The van der Waals surface area contributed by atoms with Gasteiger partial charge in [-0.05, 0) is 19.1 Å². The van der Waals surface area contributed by atoms with Gasteiger partial charge in [0, 0.05) is 44.9 Å². The summed E-state index contributed by atoms with van der Waals surface area (Å²) in [7, 11) is 0. The smallest absolute Gasteiger partial charge is 0.415 e. The molecule has 1 aliphatic heterocycles. The summed E-state index contributed by atoms with van der Waals surface area (Å²) in [5.74, 6) is 0.0443. The summed E-state index contributed by atoms with van der Waals surface area (Å²) < 4.78 is 10.1. The molecule has 1 fully saturated rings. The molecule has 1 aromatic carbocycles. The molecule has 0 aliphatic carbocycles. The van der Waals surface area contributed by atoms with Gasteiger partial charge in [-0.2, -0.15) is 0 Å². The molecule has 0 radical (unpaired) electrons. The van der Waals surface area contributed by atoms with Crippen LogP contribution in [0, 0.1) is 10.1 Å². The number of esters is 1. The fourth-order valence-electron chi connectivity index (χ4n) is 2.44. The van der Waals surface area contributed by atoms with Crippen LogP contribution in [-0.2, 0) is 9.53 Å². The maximum absolute atomic E-state index is 12.1. The first-order valence-corrected chi connectivity index (χ1v) is 8.08. The van der Waals surface area contributed by atoms with Crippen molar-refractivity contribution in [1.29, 1.82) is 0 Å². The van der Waals surface area contributed by atoms with E-state index in [-0.39, 0.29) is 17.4 Å². The zero-order valence-corrected chi connectivity index (χ0v) is 14.1. The minimum absolute atomic E-state index is 0.0602. The molecule has 1 saturated heterocycles. The highest BCUT2D eigenvalue weighted by Gasteiger charge is 2.23. The lowest BCUT2D eigenvalue weighted by molar-refractivity contribution is -0.384. The predicted molar refractivity (Wildman–Crippen MR) is 88.4 cm³/mol. The van der Waals surface area contributed by atoms with Gasteiger partial charge in [0.15, 0.2) is 0 Å². The van der Waals surface area contributed by atoms with Crippen LogP contribution in [0.25, 0.3) is 0 Å². The van der Waals surface area contributed by atoms with E-state index >= 15 is 0 Å². The molecule has 0 spiro atoms. The van der Waals surface area contributed by atoms with Crippen LogP contribution >= 0.6 is 0 Å². The van der Waals surface area contributed by atoms with E-state index in [0.717, 1.165) is 0 Å². The number of carbonyl (C=O) groups is 2. The van der Waals surface area contributed by atoms with E-state index in [0.29, 0.717) is 45.8 Å². The lowest BCUT2D eigenvalue weighted by atomic mass is 10.3. The normalized spacial score (nSPS) is 14.8. The predicted octanol–water partition coefficient (Wildman–Crippen LogP) is 1.66. The van der Waals surface area contributed by atoms with Crippen LogP contribution in [0.2, 0.25) is 0 Å². The number of ether oxygens (including phenoxy) is 2. The van der Waals surface area contributed by atoms with Gasteiger partial charge in [0.05, 0.1) is 18.0 Å². The molecule has 9 nitrogen and oxygen atoms in total. The van der Waals surface area contributed by atoms with E-state index in [9.17, 15) is 19.7 Å². The molecule has 1 heterocycles. The minimum atomic E-state index is -0.513. The number of nitrogens with zero attached hydrogens (tertiary/aromatic N) is 3. The van der Waals surface area contributed by atoms with Crippen molar-refractivity contribution in [3.8, 4) is 5.75 Å². The molecule has 2 rings (SSSR count). The molecular weight excluding hydrogens is 330 g/mol. The third-order valence-electron chi connectivity index (χ3n) is 3.82. The van der Waals surface area contributed by atoms with E-state index in [2.05, 4.69) is 4.90 Å². The molecule has 1 amide bonds. The highest BCUT2D eigenvalue weighted by Crippen LogP contribution is 2.18. The molecule has 25 heavy (non-hydrogen) atoms. The molecular formula is C16H21N3O6. The maximum Gasteiger partial charge on any atom is 0.415 e. The zero-order valence-electron chi connectivity index (χ0n) is 14.1. The first-order valence-electron chi connectivity index (χ1n) is 8.08. The quantitative estimate of drug-likeness (QED) is 0.436. The number of benzene rings is 1. The van der Waals surface area contributed by atoms with Crippen molar-refractivity contribution >= 4 is 17.7 Å². The van der Waals surface area contributed by atoms with E-state index in [4.69, 9.17) is 9.47 Å². The summed E-state index contributed by atoms with van der Waals surface area (Å²) in [4.78, 5) is 37.2. The van der Waals surface area contributed by atoms with E-state index in [1.807, 2.05) is 0 Å². The highest BCUT2D eigenvalue weighted by atomic mass is 16.6. The summed E-state index contributed by atoms with van der Waals surface area (Å²) in [6.45, 7) is 5.03. The second kappa shape index (κ2) is 8.97. The lowest BCUT2D eigenvalue weighted by Crippen LogP contribution is -2.49. The van der Waals surface area contributed by atoms with Gasteiger partial charge in [-0.25, -0.2) is 4.79 Å². The Labute approximate surface area is 145 Å². The van der Waals surface area contributed by atoms with Crippen molar-refractivity contribution in [1.82, 2.24) is 9.80 Å². The molecule has 0 unspecified atom stereocenters. The SMILES string of the molecule is CCOC(=O)CCN1CCN(C(=O)Oc2ccc([N+](=O)[O-])cc2)CC1. The fourth-order valence-corrected chi connectivity index (χ4v) is 2.44. The highest BCUT2D eigenvalue weighted by molar-refractivity contribution is 5.71. The average molecular weight is 351 g/mol. The molecule has 136 valence electrons. The van der Waals surface area contributed by atoms with Crippen molar-refractivity contribution in [2.24, 2.45) is 0 Å². The molecule has 1 aliphatic rings. The van der Waals surface area contributed by atoms with Gasteiger partial charge in [-0.1, -0.05) is 0 Å². The number of hydrogen-bond acceptors (Lipinski definition) is 7. The van der Waals surface area contributed by atoms with Gasteiger partial charge in [0.2, 0.25) is 0 Å². The van der Waals surface area contributed by atoms with Gasteiger partial charge in [-0.15, -0.1) is 0 Å². The van der Waals surface area contributed by atoms with Gasteiger partial charge in [0.25, 0.3) is 5.69 Å². The third-order valence-corrected chi connectivity index (χ3v) is 3.82. The molecule has 9 heteroatoms. The minimum Gasteiger partial charge on any atom is -0.466 e. The van der Waals surface area contributed by atoms with Crippen LogP contribution < -0.4 is 4.74 Å². The van der Waals surface area contributed by atoms with Crippen LogP contribution in [-0.4, -0.2) is 66.1 Å². The number of piperazine rings is 1. The first-order chi connectivity index (χ1) is 12.0. The molecule has 0 N–H and O–H groups in total.